The summed E-state index contributed by atoms with van der Waals surface area (Å²) in [6.45, 7) is 6.34. The zero-order valence-corrected chi connectivity index (χ0v) is 53.4. The van der Waals surface area contributed by atoms with Crippen molar-refractivity contribution in [3.63, 3.8) is 0 Å². The normalized spacial score (nSPS) is 13.2. The molecule has 83 heavy (non-hydrogen) atoms. The van der Waals surface area contributed by atoms with Crippen molar-refractivity contribution in [2.75, 3.05) is 13.2 Å². The summed E-state index contributed by atoms with van der Waals surface area (Å²) < 4.78 is 16.9. The van der Waals surface area contributed by atoms with Gasteiger partial charge in [0, 0.05) is 19.3 Å². The molecule has 6 heteroatoms. The predicted molar refractivity (Wildman–Crippen MR) is 361 cm³/mol. The molecule has 0 heterocycles. The Morgan fingerprint density at radius 1 is 0.253 bits per heavy atom. The van der Waals surface area contributed by atoms with Crippen LogP contribution < -0.4 is 0 Å². The highest BCUT2D eigenvalue weighted by molar-refractivity contribution is 5.71. The summed E-state index contributed by atoms with van der Waals surface area (Å²) in [5.41, 5.74) is 0. The van der Waals surface area contributed by atoms with Gasteiger partial charge in [0.25, 0.3) is 0 Å². The van der Waals surface area contributed by atoms with E-state index in [-0.39, 0.29) is 37.5 Å². The number of hydrogen-bond donors (Lipinski definition) is 0. The number of ether oxygens (including phenoxy) is 3. The van der Waals surface area contributed by atoms with Crippen molar-refractivity contribution in [1.82, 2.24) is 0 Å². The number of carbonyl (C=O) groups is 3. The van der Waals surface area contributed by atoms with Crippen molar-refractivity contribution in [3.8, 4) is 0 Å². The Labute approximate surface area is 511 Å². The molecule has 0 saturated carbocycles. The van der Waals surface area contributed by atoms with Crippen LogP contribution in [0.1, 0.15) is 278 Å². The van der Waals surface area contributed by atoms with Gasteiger partial charge in [-0.25, -0.2) is 0 Å². The summed E-state index contributed by atoms with van der Waals surface area (Å²) in [4.78, 5) is 38.4. The van der Waals surface area contributed by atoms with Crippen molar-refractivity contribution in [2.24, 2.45) is 0 Å². The highest BCUT2D eigenvalue weighted by Gasteiger charge is 2.19. The molecule has 0 aromatic heterocycles. The Morgan fingerprint density at radius 3 is 0.795 bits per heavy atom. The first kappa shape index (κ1) is 77.8. The van der Waals surface area contributed by atoms with Crippen molar-refractivity contribution < 1.29 is 28.6 Å². The van der Waals surface area contributed by atoms with Gasteiger partial charge >= 0.3 is 17.9 Å². The summed E-state index contributed by atoms with van der Waals surface area (Å²) in [6.07, 6.45) is 102. The van der Waals surface area contributed by atoms with Gasteiger partial charge in [-0.15, -0.1) is 0 Å². The van der Waals surface area contributed by atoms with E-state index in [1.165, 1.54) is 89.9 Å². The molecule has 0 aromatic rings. The second kappa shape index (κ2) is 69.3. The standard InChI is InChI=1S/C77H122O6/c1-4-7-10-13-16-19-22-25-27-29-31-33-35-36-37-38-39-40-42-43-45-47-49-52-55-58-61-64-67-70-76(79)82-73-74(72-81-75(78)69-66-63-60-57-54-51-24-21-18-15-12-9-6-3)83-77(80)71-68-65-62-59-56-53-50-48-46-44-41-34-32-30-28-26-23-20-17-14-11-8-5-2/h7-8,10-11,16-17,19-21,24-28,31-34,36-37,39-40,43,45,49,52,58,61,74H,4-6,9,12-15,18,22-23,29-30,35,38,41-42,44,46-48,50-51,53-57,59-60,62-73H2,1-3H3/b10-7-,11-8-,19-16-,20-17-,24-21-,27-25-,28-26-,33-31-,34-32-,37-36-,40-39-,45-43-,52-49-,61-58-. The molecule has 0 rings (SSSR count). The first-order valence-corrected chi connectivity index (χ1v) is 33.6. The highest BCUT2D eigenvalue weighted by Crippen LogP contribution is 2.15. The fourth-order valence-electron chi connectivity index (χ4n) is 8.72. The SMILES string of the molecule is CC/C=C\C/C=C\C/C=C\C/C=C\C/C=C\C/C=C\C/C=C\C/C=C\C/C=C\CCCC(=O)OCC(COC(=O)CCCCCCC/C=C\CCCCCC)OC(=O)CCCCCCCCCCCC/C=C\C/C=C\C/C=C\C/C=C\CC. The monoisotopic (exact) mass is 1140 g/mol. The number of carbonyl (C=O) groups excluding carboxylic acids is 3. The van der Waals surface area contributed by atoms with Gasteiger partial charge < -0.3 is 14.2 Å². The lowest BCUT2D eigenvalue weighted by molar-refractivity contribution is -0.167. The van der Waals surface area contributed by atoms with Crippen LogP contribution in [-0.2, 0) is 28.6 Å². The van der Waals surface area contributed by atoms with E-state index in [0.29, 0.717) is 19.3 Å². The molecule has 0 amide bonds. The van der Waals surface area contributed by atoms with E-state index in [2.05, 4.69) is 191 Å². The van der Waals surface area contributed by atoms with E-state index in [1.54, 1.807) is 0 Å². The van der Waals surface area contributed by atoms with Crippen LogP contribution in [0.2, 0.25) is 0 Å². The molecule has 0 N–H and O–H groups in total. The maximum atomic E-state index is 12.9. The third-order valence-electron chi connectivity index (χ3n) is 13.7. The van der Waals surface area contributed by atoms with Gasteiger partial charge in [0.15, 0.2) is 6.10 Å². The smallest absolute Gasteiger partial charge is 0.306 e. The zero-order chi connectivity index (χ0) is 59.9. The van der Waals surface area contributed by atoms with E-state index >= 15 is 0 Å². The topological polar surface area (TPSA) is 78.9 Å². The summed E-state index contributed by atoms with van der Waals surface area (Å²) >= 11 is 0. The molecule has 0 aliphatic carbocycles. The molecule has 0 bridgehead atoms. The van der Waals surface area contributed by atoms with Crippen LogP contribution in [0, 0.1) is 0 Å². The molecule has 0 aromatic carbocycles. The van der Waals surface area contributed by atoms with E-state index in [9.17, 15) is 14.4 Å². The van der Waals surface area contributed by atoms with Crippen LogP contribution in [0.3, 0.4) is 0 Å². The van der Waals surface area contributed by atoms with E-state index in [1.807, 2.05) is 0 Å². The largest absolute Gasteiger partial charge is 0.462 e. The molecular weight excluding hydrogens is 1020 g/mol. The van der Waals surface area contributed by atoms with Crippen molar-refractivity contribution in [2.45, 2.75) is 284 Å². The number of esters is 3. The third kappa shape index (κ3) is 67.4. The molecule has 1 unspecified atom stereocenters. The number of allylic oxidation sites excluding steroid dienone is 28. The highest BCUT2D eigenvalue weighted by atomic mass is 16.6. The third-order valence-corrected chi connectivity index (χ3v) is 13.7. The van der Waals surface area contributed by atoms with Crippen LogP contribution >= 0.6 is 0 Å². The number of unbranched alkanes of at least 4 members (excludes halogenated alkanes) is 20. The number of hydrogen-bond acceptors (Lipinski definition) is 6. The summed E-state index contributed by atoms with van der Waals surface area (Å²) in [6, 6.07) is 0. The fourth-order valence-corrected chi connectivity index (χ4v) is 8.72. The second-order valence-electron chi connectivity index (χ2n) is 21.6. The Balaban J connectivity index is 4.46. The summed E-state index contributed by atoms with van der Waals surface area (Å²) in [5.74, 6) is -0.985. The Kier molecular flexibility index (Phi) is 64.9. The van der Waals surface area contributed by atoms with Crippen LogP contribution in [0.5, 0.6) is 0 Å². The molecule has 0 spiro atoms. The van der Waals surface area contributed by atoms with Gasteiger partial charge in [-0.1, -0.05) is 281 Å². The van der Waals surface area contributed by atoms with E-state index < -0.39 is 6.10 Å². The van der Waals surface area contributed by atoms with Crippen LogP contribution in [0.25, 0.3) is 0 Å². The summed E-state index contributed by atoms with van der Waals surface area (Å²) in [5, 5.41) is 0. The van der Waals surface area contributed by atoms with Crippen molar-refractivity contribution >= 4 is 17.9 Å². The molecule has 6 nitrogen and oxygen atoms in total. The minimum atomic E-state index is -0.817. The van der Waals surface area contributed by atoms with Crippen LogP contribution in [-0.4, -0.2) is 37.2 Å². The van der Waals surface area contributed by atoms with Crippen molar-refractivity contribution in [3.05, 3.63) is 170 Å². The van der Waals surface area contributed by atoms with Gasteiger partial charge in [-0.2, -0.15) is 0 Å². The van der Waals surface area contributed by atoms with Crippen LogP contribution in [0.4, 0.5) is 0 Å². The average molecular weight is 1140 g/mol. The first-order valence-electron chi connectivity index (χ1n) is 33.6. The molecule has 0 saturated heterocycles. The first-order chi connectivity index (χ1) is 41.0. The summed E-state index contributed by atoms with van der Waals surface area (Å²) in [7, 11) is 0. The maximum Gasteiger partial charge on any atom is 0.306 e. The Hall–Kier alpha value is -5.23. The molecule has 0 fully saturated rings. The lowest BCUT2D eigenvalue weighted by atomic mass is 10.0. The van der Waals surface area contributed by atoms with Crippen molar-refractivity contribution in [1.29, 1.82) is 0 Å². The van der Waals surface area contributed by atoms with Gasteiger partial charge in [0.1, 0.15) is 13.2 Å². The van der Waals surface area contributed by atoms with Gasteiger partial charge in [0.05, 0.1) is 0 Å². The quantitative estimate of drug-likeness (QED) is 0.0261. The minimum Gasteiger partial charge on any atom is -0.462 e. The molecule has 0 aliphatic heterocycles. The predicted octanol–water partition coefficient (Wildman–Crippen LogP) is 23.4. The molecule has 0 aliphatic rings. The Morgan fingerprint density at radius 2 is 0.482 bits per heavy atom. The number of rotatable bonds is 59. The zero-order valence-electron chi connectivity index (χ0n) is 53.4. The fraction of sp³-hybridized carbons (Fsp3) is 0.597. The molecule has 0 radical (unpaired) electrons. The molecule has 1 atom stereocenters. The maximum absolute atomic E-state index is 12.9. The van der Waals surface area contributed by atoms with Gasteiger partial charge in [0.2, 0.25) is 0 Å². The average Bonchev–Trinajstić information content (AvgIpc) is 3.49. The minimum absolute atomic E-state index is 0.109. The van der Waals surface area contributed by atoms with E-state index in [0.717, 1.165) is 141 Å². The lowest BCUT2D eigenvalue weighted by Gasteiger charge is -2.18. The molecule has 466 valence electrons. The Bertz CT molecular complexity index is 1890. The lowest BCUT2D eigenvalue weighted by Crippen LogP contribution is -2.30. The van der Waals surface area contributed by atoms with E-state index in [4.69, 9.17) is 14.2 Å². The van der Waals surface area contributed by atoms with Crippen LogP contribution in [0.15, 0.2) is 170 Å². The second-order valence-corrected chi connectivity index (χ2v) is 21.6. The van der Waals surface area contributed by atoms with Gasteiger partial charge in [-0.3, -0.25) is 14.4 Å². The van der Waals surface area contributed by atoms with Gasteiger partial charge in [-0.05, 0) is 148 Å². The molecular formula is C77H122O6.